The number of fused-ring (bicyclic) bond motifs is 1. The Hall–Kier alpha value is -1.81. The van der Waals surface area contributed by atoms with Gasteiger partial charge in [0, 0.05) is 42.3 Å². The van der Waals surface area contributed by atoms with E-state index in [9.17, 15) is 4.79 Å². The minimum absolute atomic E-state index is 0.123. The molecule has 4 heteroatoms. The summed E-state index contributed by atoms with van der Waals surface area (Å²) in [4.78, 5) is 17.8. The van der Waals surface area contributed by atoms with Gasteiger partial charge in [-0.25, -0.2) is 0 Å². The van der Waals surface area contributed by atoms with Crippen molar-refractivity contribution in [2.24, 2.45) is 0 Å². The maximum absolute atomic E-state index is 12.7. The second-order valence-corrected chi connectivity index (χ2v) is 5.36. The molecule has 0 bridgehead atoms. The molecule has 1 saturated heterocycles. The second-order valence-electron chi connectivity index (χ2n) is 5.36. The minimum Gasteiger partial charge on any atom is -0.360 e. The van der Waals surface area contributed by atoms with Crippen LogP contribution < -0.4 is 5.32 Å². The van der Waals surface area contributed by atoms with Gasteiger partial charge in [-0.05, 0) is 19.9 Å². The summed E-state index contributed by atoms with van der Waals surface area (Å²) in [6, 6.07) is 8.52. The number of H-pyrrole nitrogens is 1. The van der Waals surface area contributed by atoms with E-state index in [0.717, 1.165) is 29.6 Å². The first-order chi connectivity index (χ1) is 9.16. The number of aromatic amines is 1. The maximum Gasteiger partial charge on any atom is 0.256 e. The number of carbonyl (C=O) groups is 1. The molecule has 1 fully saturated rings. The molecule has 1 amide bonds. The molecular weight excluding hydrogens is 238 g/mol. The van der Waals surface area contributed by atoms with Gasteiger partial charge in [0.1, 0.15) is 0 Å². The third kappa shape index (κ3) is 2.12. The molecule has 0 saturated carbocycles. The van der Waals surface area contributed by atoms with Crippen molar-refractivity contribution in [1.82, 2.24) is 15.2 Å². The maximum atomic E-state index is 12.7. The Bertz CT molecular complexity index is 604. The number of nitrogens with zero attached hydrogens (tertiary/aromatic N) is 1. The van der Waals surface area contributed by atoms with Crippen LogP contribution in [-0.4, -0.2) is 41.0 Å². The summed E-state index contributed by atoms with van der Waals surface area (Å²) in [5.41, 5.74) is 1.79. The fraction of sp³-hybridized carbons (Fsp3) is 0.400. The van der Waals surface area contributed by atoms with Crippen LogP contribution in [-0.2, 0) is 0 Å². The number of rotatable bonds is 1. The van der Waals surface area contributed by atoms with Crippen LogP contribution in [0.2, 0.25) is 0 Å². The van der Waals surface area contributed by atoms with E-state index in [4.69, 9.17) is 0 Å². The van der Waals surface area contributed by atoms with Crippen LogP contribution in [0.25, 0.3) is 10.9 Å². The number of piperazine rings is 1. The average Bonchev–Trinajstić information content (AvgIpc) is 2.84. The smallest absolute Gasteiger partial charge is 0.256 e. The first-order valence-corrected chi connectivity index (χ1v) is 6.77. The van der Waals surface area contributed by atoms with Gasteiger partial charge in [-0.3, -0.25) is 4.79 Å². The highest BCUT2D eigenvalue weighted by Gasteiger charge is 2.28. The van der Waals surface area contributed by atoms with Crippen LogP contribution in [0.15, 0.2) is 30.5 Å². The summed E-state index contributed by atoms with van der Waals surface area (Å²) in [7, 11) is 0. The number of carbonyl (C=O) groups excluding carboxylic acids is 1. The van der Waals surface area contributed by atoms with Gasteiger partial charge < -0.3 is 15.2 Å². The highest BCUT2D eigenvalue weighted by Crippen LogP contribution is 2.21. The zero-order valence-electron chi connectivity index (χ0n) is 11.3. The molecular formula is C15H19N3O. The molecule has 0 aliphatic carbocycles. The van der Waals surface area contributed by atoms with Crippen LogP contribution in [0.1, 0.15) is 24.2 Å². The molecule has 4 nitrogen and oxygen atoms in total. The van der Waals surface area contributed by atoms with Gasteiger partial charge in [-0.15, -0.1) is 0 Å². The molecule has 19 heavy (non-hydrogen) atoms. The topological polar surface area (TPSA) is 48.1 Å². The minimum atomic E-state index is 0.123. The molecule has 100 valence electrons. The van der Waals surface area contributed by atoms with Crippen molar-refractivity contribution in [3.8, 4) is 0 Å². The zero-order valence-corrected chi connectivity index (χ0v) is 11.3. The lowest BCUT2D eigenvalue weighted by atomic mass is 10.1. The van der Waals surface area contributed by atoms with E-state index in [0.29, 0.717) is 6.04 Å². The first kappa shape index (κ1) is 12.2. The summed E-state index contributed by atoms with van der Waals surface area (Å²) in [6.07, 6.45) is 1.83. The molecule has 3 rings (SSSR count). The van der Waals surface area contributed by atoms with Gasteiger partial charge in [0.15, 0.2) is 0 Å². The van der Waals surface area contributed by atoms with Crippen molar-refractivity contribution in [2.75, 3.05) is 13.1 Å². The molecule has 1 aliphatic heterocycles. The highest BCUT2D eigenvalue weighted by molar-refractivity contribution is 6.06. The fourth-order valence-electron chi connectivity index (χ4n) is 2.71. The lowest BCUT2D eigenvalue weighted by Gasteiger charge is -2.37. The van der Waals surface area contributed by atoms with Crippen molar-refractivity contribution in [2.45, 2.75) is 25.9 Å². The second kappa shape index (κ2) is 4.70. The van der Waals surface area contributed by atoms with E-state index in [2.05, 4.69) is 24.1 Å². The highest BCUT2D eigenvalue weighted by atomic mass is 16.2. The van der Waals surface area contributed by atoms with Gasteiger partial charge >= 0.3 is 0 Å². The molecule has 0 spiro atoms. The van der Waals surface area contributed by atoms with E-state index in [1.807, 2.05) is 35.4 Å². The summed E-state index contributed by atoms with van der Waals surface area (Å²) >= 11 is 0. The van der Waals surface area contributed by atoms with Crippen LogP contribution in [0.3, 0.4) is 0 Å². The molecule has 2 aromatic rings. The summed E-state index contributed by atoms with van der Waals surface area (Å²) in [6.45, 7) is 5.82. The van der Waals surface area contributed by atoms with E-state index in [-0.39, 0.29) is 11.9 Å². The first-order valence-electron chi connectivity index (χ1n) is 6.77. The molecule has 2 unspecified atom stereocenters. The van der Waals surface area contributed by atoms with Crippen molar-refractivity contribution >= 4 is 16.8 Å². The zero-order chi connectivity index (χ0) is 13.4. The molecule has 2 heterocycles. The van der Waals surface area contributed by atoms with Crippen LogP contribution in [0.4, 0.5) is 0 Å². The Morgan fingerprint density at radius 2 is 2.11 bits per heavy atom. The van der Waals surface area contributed by atoms with Crippen LogP contribution in [0, 0.1) is 0 Å². The standard InChI is InChI=1S/C15H19N3O/c1-10-9-18(11(2)7-16-10)15(19)13-8-17-14-6-4-3-5-12(13)14/h3-6,8,10-11,16-17H,7,9H2,1-2H3. The Labute approximate surface area is 112 Å². The number of nitrogens with one attached hydrogen (secondary N) is 2. The Balaban J connectivity index is 1.95. The normalized spacial score (nSPS) is 23.8. The number of amides is 1. The van der Waals surface area contributed by atoms with E-state index in [1.54, 1.807) is 0 Å². The molecule has 1 aliphatic rings. The Morgan fingerprint density at radius 3 is 2.95 bits per heavy atom. The molecule has 0 radical (unpaired) electrons. The average molecular weight is 257 g/mol. The number of hydrogen-bond donors (Lipinski definition) is 2. The Morgan fingerprint density at radius 1 is 1.32 bits per heavy atom. The van der Waals surface area contributed by atoms with Gasteiger partial charge in [0.2, 0.25) is 0 Å². The van der Waals surface area contributed by atoms with Crippen LogP contribution >= 0.6 is 0 Å². The third-order valence-electron chi connectivity index (χ3n) is 3.84. The molecule has 2 N–H and O–H groups in total. The van der Waals surface area contributed by atoms with Crippen LogP contribution in [0.5, 0.6) is 0 Å². The van der Waals surface area contributed by atoms with Crippen molar-refractivity contribution in [3.05, 3.63) is 36.0 Å². The predicted octanol–water partition coefficient (Wildman–Crippen LogP) is 1.99. The number of aromatic nitrogens is 1. The summed E-state index contributed by atoms with van der Waals surface area (Å²) < 4.78 is 0. The monoisotopic (exact) mass is 257 g/mol. The van der Waals surface area contributed by atoms with E-state index >= 15 is 0 Å². The van der Waals surface area contributed by atoms with Gasteiger partial charge in [-0.1, -0.05) is 18.2 Å². The predicted molar refractivity (Wildman–Crippen MR) is 76.3 cm³/mol. The fourth-order valence-corrected chi connectivity index (χ4v) is 2.71. The number of para-hydroxylation sites is 1. The molecule has 1 aromatic carbocycles. The van der Waals surface area contributed by atoms with E-state index < -0.39 is 0 Å². The van der Waals surface area contributed by atoms with Crippen molar-refractivity contribution < 1.29 is 4.79 Å². The van der Waals surface area contributed by atoms with Gasteiger partial charge in [-0.2, -0.15) is 0 Å². The lowest BCUT2D eigenvalue weighted by molar-refractivity contribution is 0.0618. The van der Waals surface area contributed by atoms with Gasteiger partial charge in [0.25, 0.3) is 5.91 Å². The summed E-state index contributed by atoms with van der Waals surface area (Å²) in [5.74, 6) is 0.123. The Kier molecular flexibility index (Phi) is 3.03. The molecule has 2 atom stereocenters. The molecule has 1 aromatic heterocycles. The van der Waals surface area contributed by atoms with Crippen molar-refractivity contribution in [1.29, 1.82) is 0 Å². The van der Waals surface area contributed by atoms with Crippen molar-refractivity contribution in [3.63, 3.8) is 0 Å². The third-order valence-corrected chi connectivity index (χ3v) is 3.84. The van der Waals surface area contributed by atoms with E-state index in [1.165, 1.54) is 0 Å². The summed E-state index contributed by atoms with van der Waals surface area (Å²) in [5, 5.41) is 4.40. The largest absolute Gasteiger partial charge is 0.360 e. The lowest BCUT2D eigenvalue weighted by Crippen LogP contribution is -2.56. The quantitative estimate of drug-likeness (QED) is 0.821. The van der Waals surface area contributed by atoms with Gasteiger partial charge in [0.05, 0.1) is 5.56 Å². The SMILES string of the molecule is CC1CN(C(=O)c2c[nH]c3ccccc23)C(C)CN1. The number of hydrogen-bond acceptors (Lipinski definition) is 2. The number of benzene rings is 1.